The molecule has 0 unspecified atom stereocenters. The van der Waals surface area contributed by atoms with Gasteiger partial charge in [-0.2, -0.15) is 4.31 Å². The SMILES string of the molecule is C[C@H]1c2cccn2CCN1S(=O)(=O)c1cccc(Cl)c1. The quantitative estimate of drug-likeness (QED) is 0.856. The van der Waals surface area contributed by atoms with Gasteiger partial charge in [-0.25, -0.2) is 8.42 Å². The van der Waals surface area contributed by atoms with Crippen LogP contribution in [0.5, 0.6) is 0 Å². The van der Waals surface area contributed by atoms with Gasteiger partial charge in [0.15, 0.2) is 0 Å². The Morgan fingerprint density at radius 1 is 1.20 bits per heavy atom. The van der Waals surface area contributed by atoms with Crippen molar-refractivity contribution in [2.45, 2.75) is 24.4 Å². The average Bonchev–Trinajstić information content (AvgIpc) is 2.88. The van der Waals surface area contributed by atoms with E-state index in [1.165, 1.54) is 10.4 Å². The second kappa shape index (κ2) is 4.91. The third kappa shape index (κ3) is 2.16. The number of hydrogen-bond donors (Lipinski definition) is 0. The van der Waals surface area contributed by atoms with E-state index in [1.807, 2.05) is 25.3 Å². The first-order valence-electron chi connectivity index (χ1n) is 6.42. The van der Waals surface area contributed by atoms with Crippen LogP contribution >= 0.6 is 11.6 Å². The summed E-state index contributed by atoms with van der Waals surface area (Å²) in [5.41, 5.74) is 1.02. The molecule has 0 bridgehead atoms. The first-order chi connectivity index (χ1) is 9.50. The maximum absolute atomic E-state index is 12.7. The van der Waals surface area contributed by atoms with Crippen LogP contribution in [0.4, 0.5) is 0 Å². The van der Waals surface area contributed by atoms with E-state index >= 15 is 0 Å². The lowest BCUT2D eigenvalue weighted by Gasteiger charge is -2.33. The normalized spacial score (nSPS) is 19.8. The van der Waals surface area contributed by atoms with E-state index in [1.54, 1.807) is 18.2 Å². The predicted molar refractivity (Wildman–Crippen MR) is 78.2 cm³/mol. The molecule has 0 saturated heterocycles. The average molecular weight is 311 g/mol. The van der Waals surface area contributed by atoms with E-state index in [4.69, 9.17) is 11.6 Å². The number of benzene rings is 1. The molecule has 2 heterocycles. The number of aromatic nitrogens is 1. The minimum absolute atomic E-state index is 0.178. The number of sulfonamides is 1. The van der Waals surface area contributed by atoms with Crippen LogP contribution in [-0.2, 0) is 16.6 Å². The number of halogens is 1. The molecule has 3 rings (SSSR count). The Balaban J connectivity index is 2.01. The topological polar surface area (TPSA) is 42.3 Å². The van der Waals surface area contributed by atoms with Gasteiger partial charge in [0.1, 0.15) is 0 Å². The van der Waals surface area contributed by atoms with Crippen molar-refractivity contribution >= 4 is 21.6 Å². The lowest BCUT2D eigenvalue weighted by atomic mass is 10.2. The van der Waals surface area contributed by atoms with Crippen LogP contribution in [0.2, 0.25) is 5.02 Å². The molecule has 1 aliphatic heterocycles. The molecule has 0 radical (unpaired) electrons. The maximum atomic E-state index is 12.7. The second-order valence-electron chi connectivity index (χ2n) is 4.88. The van der Waals surface area contributed by atoms with Gasteiger partial charge in [0.2, 0.25) is 10.0 Å². The standard InChI is InChI=1S/C14H15ClN2O2S/c1-11-14-6-3-7-16(14)8-9-17(11)20(18,19)13-5-2-4-12(15)10-13/h2-7,10-11H,8-9H2,1H3/t11-/m0/s1. The van der Waals surface area contributed by atoms with Crippen molar-refractivity contribution in [2.75, 3.05) is 6.54 Å². The lowest BCUT2D eigenvalue weighted by Crippen LogP contribution is -2.40. The van der Waals surface area contributed by atoms with E-state index in [9.17, 15) is 8.42 Å². The van der Waals surface area contributed by atoms with Crippen LogP contribution in [0.1, 0.15) is 18.7 Å². The van der Waals surface area contributed by atoms with Gasteiger partial charge in [0.25, 0.3) is 0 Å². The van der Waals surface area contributed by atoms with Crippen molar-refractivity contribution in [3.8, 4) is 0 Å². The predicted octanol–water partition coefficient (Wildman–Crippen LogP) is 2.91. The molecule has 0 N–H and O–H groups in total. The Kier molecular flexibility index (Phi) is 3.36. The fraction of sp³-hybridized carbons (Fsp3) is 0.286. The number of nitrogens with zero attached hydrogens (tertiary/aromatic N) is 2. The maximum Gasteiger partial charge on any atom is 0.243 e. The van der Waals surface area contributed by atoms with Crippen molar-refractivity contribution in [2.24, 2.45) is 0 Å². The molecule has 20 heavy (non-hydrogen) atoms. The molecule has 6 heteroatoms. The van der Waals surface area contributed by atoms with Crippen LogP contribution in [0.3, 0.4) is 0 Å². The highest BCUT2D eigenvalue weighted by atomic mass is 35.5. The number of fused-ring (bicyclic) bond motifs is 1. The van der Waals surface area contributed by atoms with E-state index < -0.39 is 10.0 Å². The van der Waals surface area contributed by atoms with Crippen LogP contribution in [0.15, 0.2) is 47.5 Å². The van der Waals surface area contributed by atoms with Gasteiger partial charge in [-0.1, -0.05) is 17.7 Å². The van der Waals surface area contributed by atoms with Gasteiger partial charge in [-0.3, -0.25) is 0 Å². The third-order valence-electron chi connectivity index (χ3n) is 3.69. The Morgan fingerprint density at radius 3 is 2.75 bits per heavy atom. The Bertz CT molecular complexity index is 739. The zero-order valence-electron chi connectivity index (χ0n) is 11.0. The number of rotatable bonds is 2. The van der Waals surface area contributed by atoms with Crippen LogP contribution in [0.25, 0.3) is 0 Å². The minimum Gasteiger partial charge on any atom is -0.349 e. The minimum atomic E-state index is -3.52. The molecule has 2 aromatic rings. The third-order valence-corrected chi connectivity index (χ3v) is 5.89. The summed E-state index contributed by atoms with van der Waals surface area (Å²) >= 11 is 5.90. The molecular formula is C14H15ClN2O2S. The molecule has 0 saturated carbocycles. The van der Waals surface area contributed by atoms with Crippen molar-refractivity contribution in [3.63, 3.8) is 0 Å². The van der Waals surface area contributed by atoms with Gasteiger partial charge in [-0.05, 0) is 37.3 Å². The van der Waals surface area contributed by atoms with Crippen LogP contribution in [-0.4, -0.2) is 23.8 Å². The van der Waals surface area contributed by atoms with E-state index in [2.05, 4.69) is 4.57 Å². The summed E-state index contributed by atoms with van der Waals surface area (Å²) in [4.78, 5) is 0.247. The molecule has 1 atom stereocenters. The fourth-order valence-electron chi connectivity index (χ4n) is 2.65. The molecule has 0 fully saturated rings. The lowest BCUT2D eigenvalue weighted by molar-refractivity contribution is 0.282. The first-order valence-corrected chi connectivity index (χ1v) is 8.24. The van der Waals surface area contributed by atoms with E-state index in [0.29, 0.717) is 18.1 Å². The van der Waals surface area contributed by atoms with Crippen molar-refractivity contribution in [1.82, 2.24) is 8.87 Å². The Labute approximate surface area is 123 Å². The molecule has 0 amide bonds. The molecule has 1 aromatic heterocycles. The highest BCUT2D eigenvalue weighted by Crippen LogP contribution is 2.31. The summed E-state index contributed by atoms with van der Waals surface area (Å²) in [5, 5.41) is 0.430. The highest BCUT2D eigenvalue weighted by molar-refractivity contribution is 7.89. The monoisotopic (exact) mass is 310 g/mol. The van der Waals surface area contributed by atoms with Crippen molar-refractivity contribution < 1.29 is 8.42 Å². The summed E-state index contributed by atoms with van der Waals surface area (Å²) in [5.74, 6) is 0. The van der Waals surface area contributed by atoms with E-state index in [-0.39, 0.29) is 10.9 Å². The van der Waals surface area contributed by atoms with Gasteiger partial charge < -0.3 is 4.57 Å². The Morgan fingerprint density at radius 2 is 2.00 bits per heavy atom. The molecule has 0 aliphatic carbocycles. The molecule has 1 aliphatic rings. The summed E-state index contributed by atoms with van der Waals surface area (Å²) in [6.07, 6.45) is 1.98. The van der Waals surface area contributed by atoms with Crippen molar-refractivity contribution in [3.05, 3.63) is 53.3 Å². The molecule has 106 valence electrons. The van der Waals surface area contributed by atoms with Crippen molar-refractivity contribution in [1.29, 1.82) is 0 Å². The largest absolute Gasteiger partial charge is 0.349 e. The van der Waals surface area contributed by atoms with E-state index in [0.717, 1.165) is 5.69 Å². The Hall–Kier alpha value is -1.30. The zero-order chi connectivity index (χ0) is 14.3. The van der Waals surface area contributed by atoms with Gasteiger partial charge in [0.05, 0.1) is 10.9 Å². The summed E-state index contributed by atoms with van der Waals surface area (Å²) in [6.45, 7) is 3.05. The molecule has 0 spiro atoms. The van der Waals surface area contributed by atoms with Crippen LogP contribution in [0, 0.1) is 0 Å². The smallest absolute Gasteiger partial charge is 0.243 e. The van der Waals surface area contributed by atoms with Crippen LogP contribution < -0.4 is 0 Å². The van der Waals surface area contributed by atoms with Gasteiger partial charge >= 0.3 is 0 Å². The number of hydrogen-bond acceptors (Lipinski definition) is 2. The van der Waals surface area contributed by atoms with Gasteiger partial charge in [-0.15, -0.1) is 0 Å². The summed E-state index contributed by atoms with van der Waals surface area (Å²) < 4.78 is 29.1. The molecular weight excluding hydrogens is 296 g/mol. The zero-order valence-corrected chi connectivity index (χ0v) is 12.6. The second-order valence-corrected chi connectivity index (χ2v) is 7.20. The summed E-state index contributed by atoms with van der Waals surface area (Å²) in [6, 6.07) is 10.1. The fourth-order valence-corrected chi connectivity index (χ4v) is 4.55. The highest BCUT2D eigenvalue weighted by Gasteiger charge is 2.33. The molecule has 1 aromatic carbocycles. The first kappa shape index (κ1) is 13.7. The van der Waals surface area contributed by atoms with Gasteiger partial charge in [0, 0.05) is 30.0 Å². The molecule has 4 nitrogen and oxygen atoms in total. The summed E-state index contributed by atoms with van der Waals surface area (Å²) in [7, 11) is -3.52.